The van der Waals surface area contributed by atoms with Crippen molar-refractivity contribution >= 4 is 17.1 Å². The molecule has 0 aliphatic carbocycles. The van der Waals surface area contributed by atoms with Crippen LogP contribution in [0.1, 0.15) is 11.4 Å². The second kappa shape index (κ2) is 5.88. The Morgan fingerprint density at radius 2 is 1.95 bits per heavy atom. The Kier molecular flexibility index (Phi) is 3.79. The lowest BCUT2D eigenvalue weighted by Gasteiger charge is -2.04. The van der Waals surface area contributed by atoms with Gasteiger partial charge in [0.15, 0.2) is 5.65 Å². The van der Waals surface area contributed by atoms with Crippen molar-refractivity contribution in [2.75, 3.05) is 19.4 Å². The number of imidazole rings is 1. The quantitative estimate of drug-likeness (QED) is 0.749. The van der Waals surface area contributed by atoms with E-state index in [1.807, 2.05) is 32.3 Å². The molecule has 0 fully saturated rings. The maximum atomic E-state index is 4.48. The maximum absolute atomic E-state index is 4.48. The number of fused-ring (bicyclic) bond motifs is 1. The molecule has 21 heavy (non-hydrogen) atoms. The third-order valence-electron chi connectivity index (χ3n) is 3.05. The fraction of sp³-hybridized carbons (Fsp3) is 0.267. The van der Waals surface area contributed by atoms with Gasteiger partial charge in [0.1, 0.15) is 11.3 Å². The second-order valence-electron chi connectivity index (χ2n) is 5.19. The minimum absolute atomic E-state index is 0.592. The molecule has 0 amide bonds. The first kappa shape index (κ1) is 13.5. The molecule has 6 nitrogen and oxygen atoms in total. The number of anilines is 1. The fourth-order valence-electron chi connectivity index (χ4n) is 2.09. The summed E-state index contributed by atoms with van der Waals surface area (Å²) in [5.74, 6) is 1.48. The normalized spacial score (nSPS) is 11.2. The maximum Gasteiger partial charge on any atom is 0.225 e. The van der Waals surface area contributed by atoms with Gasteiger partial charge >= 0.3 is 0 Å². The van der Waals surface area contributed by atoms with Crippen LogP contribution < -0.4 is 5.32 Å². The van der Waals surface area contributed by atoms with Crippen molar-refractivity contribution < 1.29 is 0 Å². The van der Waals surface area contributed by atoms with Gasteiger partial charge in [-0.3, -0.25) is 0 Å². The summed E-state index contributed by atoms with van der Waals surface area (Å²) in [4.78, 5) is 18.5. The SMILES string of the molecule is CN(C)Cc1nc2nc(NCc3ccccc3)ncc2[nH]1. The lowest BCUT2D eigenvalue weighted by Crippen LogP contribution is -2.11. The molecule has 0 aliphatic heterocycles. The van der Waals surface area contributed by atoms with Gasteiger partial charge in [0, 0.05) is 6.54 Å². The molecule has 0 bridgehead atoms. The molecule has 0 radical (unpaired) electrons. The van der Waals surface area contributed by atoms with Crippen LogP contribution >= 0.6 is 0 Å². The highest BCUT2D eigenvalue weighted by Crippen LogP contribution is 2.11. The molecule has 0 saturated heterocycles. The van der Waals surface area contributed by atoms with Crippen molar-refractivity contribution in [3.63, 3.8) is 0 Å². The molecule has 0 aliphatic rings. The number of aromatic amines is 1. The van der Waals surface area contributed by atoms with E-state index in [-0.39, 0.29) is 0 Å². The number of nitrogens with zero attached hydrogens (tertiary/aromatic N) is 4. The van der Waals surface area contributed by atoms with E-state index in [0.29, 0.717) is 18.1 Å². The fourth-order valence-corrected chi connectivity index (χ4v) is 2.09. The average molecular weight is 282 g/mol. The number of nitrogens with one attached hydrogen (secondary N) is 2. The van der Waals surface area contributed by atoms with Crippen LogP contribution in [-0.4, -0.2) is 38.9 Å². The smallest absolute Gasteiger partial charge is 0.225 e. The lowest BCUT2D eigenvalue weighted by molar-refractivity contribution is 0.392. The monoisotopic (exact) mass is 282 g/mol. The van der Waals surface area contributed by atoms with Crippen molar-refractivity contribution in [2.24, 2.45) is 0 Å². The topological polar surface area (TPSA) is 69.7 Å². The molecule has 108 valence electrons. The van der Waals surface area contributed by atoms with E-state index in [0.717, 1.165) is 17.9 Å². The van der Waals surface area contributed by atoms with Gasteiger partial charge in [-0.05, 0) is 19.7 Å². The number of rotatable bonds is 5. The first-order valence-electron chi connectivity index (χ1n) is 6.85. The van der Waals surface area contributed by atoms with Crippen LogP contribution in [0.3, 0.4) is 0 Å². The van der Waals surface area contributed by atoms with Crippen molar-refractivity contribution in [3.8, 4) is 0 Å². The van der Waals surface area contributed by atoms with E-state index in [2.05, 4.69) is 42.3 Å². The lowest BCUT2D eigenvalue weighted by atomic mass is 10.2. The number of hydrogen-bond acceptors (Lipinski definition) is 5. The van der Waals surface area contributed by atoms with E-state index in [9.17, 15) is 0 Å². The summed E-state index contributed by atoms with van der Waals surface area (Å²) in [6, 6.07) is 10.2. The molecular formula is C15H18N6. The number of H-pyrrole nitrogens is 1. The predicted molar refractivity (Wildman–Crippen MR) is 82.8 cm³/mol. The number of hydrogen-bond donors (Lipinski definition) is 2. The molecule has 2 N–H and O–H groups in total. The first-order valence-corrected chi connectivity index (χ1v) is 6.85. The second-order valence-corrected chi connectivity index (χ2v) is 5.19. The molecule has 1 aromatic carbocycles. The Labute approximate surface area is 123 Å². The zero-order valence-electron chi connectivity index (χ0n) is 12.2. The van der Waals surface area contributed by atoms with Gasteiger partial charge in [-0.25, -0.2) is 9.97 Å². The third-order valence-corrected chi connectivity index (χ3v) is 3.05. The van der Waals surface area contributed by atoms with Crippen molar-refractivity contribution in [1.29, 1.82) is 0 Å². The Bertz CT molecular complexity index is 719. The van der Waals surface area contributed by atoms with Crippen molar-refractivity contribution in [1.82, 2.24) is 24.8 Å². The highest BCUT2D eigenvalue weighted by molar-refractivity contribution is 5.70. The predicted octanol–water partition coefficient (Wildman–Crippen LogP) is 2.03. The van der Waals surface area contributed by atoms with Gasteiger partial charge in [-0.1, -0.05) is 30.3 Å². The van der Waals surface area contributed by atoms with E-state index >= 15 is 0 Å². The van der Waals surface area contributed by atoms with Crippen LogP contribution in [0, 0.1) is 0 Å². The summed E-state index contributed by atoms with van der Waals surface area (Å²) >= 11 is 0. The summed E-state index contributed by atoms with van der Waals surface area (Å²) < 4.78 is 0. The van der Waals surface area contributed by atoms with E-state index in [4.69, 9.17) is 0 Å². The Morgan fingerprint density at radius 1 is 1.14 bits per heavy atom. The minimum Gasteiger partial charge on any atom is -0.350 e. The van der Waals surface area contributed by atoms with Gasteiger partial charge in [0.2, 0.25) is 5.95 Å². The minimum atomic E-state index is 0.592. The highest BCUT2D eigenvalue weighted by atomic mass is 15.2. The molecule has 2 heterocycles. The van der Waals surface area contributed by atoms with E-state index in [1.165, 1.54) is 5.56 Å². The van der Waals surface area contributed by atoms with Gasteiger partial charge in [0.05, 0.1) is 12.7 Å². The van der Waals surface area contributed by atoms with Crippen molar-refractivity contribution in [2.45, 2.75) is 13.1 Å². The summed E-state index contributed by atoms with van der Waals surface area (Å²) in [5, 5.41) is 3.22. The Hall–Kier alpha value is -2.47. The summed E-state index contributed by atoms with van der Waals surface area (Å²) in [6.45, 7) is 1.45. The molecule has 2 aromatic heterocycles. The third kappa shape index (κ3) is 3.35. The van der Waals surface area contributed by atoms with Crippen molar-refractivity contribution in [3.05, 3.63) is 47.9 Å². The standard InChI is InChI=1S/C15H18N6/c1-21(2)10-13-18-12-9-17-15(20-14(12)19-13)16-8-11-6-4-3-5-7-11/h3-7,9H,8,10H2,1-2H3,(H2,16,17,18,19,20). The Morgan fingerprint density at radius 3 is 2.71 bits per heavy atom. The molecule has 6 heteroatoms. The Balaban J connectivity index is 1.74. The molecule has 0 saturated carbocycles. The largest absolute Gasteiger partial charge is 0.350 e. The molecule has 3 aromatic rings. The van der Waals surface area contributed by atoms with Crippen LogP contribution in [-0.2, 0) is 13.1 Å². The number of aromatic nitrogens is 4. The van der Waals surface area contributed by atoms with Crippen LogP contribution in [0.25, 0.3) is 11.2 Å². The molecule has 0 unspecified atom stereocenters. The van der Waals surface area contributed by atoms with Gasteiger partial charge < -0.3 is 15.2 Å². The van der Waals surface area contributed by atoms with Gasteiger partial charge in [0.25, 0.3) is 0 Å². The molecule has 0 atom stereocenters. The van der Waals surface area contributed by atoms with Crippen LogP contribution in [0.2, 0.25) is 0 Å². The van der Waals surface area contributed by atoms with Gasteiger partial charge in [-0.15, -0.1) is 0 Å². The van der Waals surface area contributed by atoms with Crippen LogP contribution in [0.5, 0.6) is 0 Å². The summed E-state index contributed by atoms with van der Waals surface area (Å²) in [7, 11) is 4.01. The van der Waals surface area contributed by atoms with Crippen LogP contribution in [0.15, 0.2) is 36.5 Å². The zero-order valence-corrected chi connectivity index (χ0v) is 12.2. The highest BCUT2D eigenvalue weighted by Gasteiger charge is 2.06. The summed E-state index contributed by atoms with van der Waals surface area (Å²) in [6.07, 6.45) is 1.77. The molecule has 3 rings (SSSR count). The summed E-state index contributed by atoms with van der Waals surface area (Å²) in [5.41, 5.74) is 2.74. The van der Waals surface area contributed by atoms with E-state index in [1.54, 1.807) is 6.20 Å². The van der Waals surface area contributed by atoms with Crippen LogP contribution in [0.4, 0.5) is 5.95 Å². The van der Waals surface area contributed by atoms with Gasteiger partial charge in [-0.2, -0.15) is 4.98 Å². The first-order chi connectivity index (χ1) is 10.2. The molecular weight excluding hydrogens is 264 g/mol. The van der Waals surface area contributed by atoms with E-state index < -0.39 is 0 Å². The number of benzene rings is 1. The zero-order chi connectivity index (χ0) is 14.7. The average Bonchev–Trinajstić information content (AvgIpc) is 2.86. The molecule has 0 spiro atoms.